The van der Waals surface area contributed by atoms with Crippen molar-refractivity contribution in [1.82, 2.24) is 0 Å². The number of rotatable bonds is 3. The fraction of sp³-hybridized carbons (Fsp3) is 0.400. The molecule has 1 aromatic rings. The van der Waals surface area contributed by atoms with Crippen molar-refractivity contribution >= 4 is 28.9 Å². The van der Waals surface area contributed by atoms with E-state index >= 15 is 0 Å². The Kier molecular flexibility index (Phi) is 4.20. The van der Waals surface area contributed by atoms with Gasteiger partial charge >= 0.3 is 0 Å². The van der Waals surface area contributed by atoms with Gasteiger partial charge in [-0.25, -0.2) is 13.8 Å². The number of hydrogen-bond donors (Lipinski definition) is 3. The van der Waals surface area contributed by atoms with Crippen LogP contribution in [0.3, 0.4) is 0 Å². The van der Waals surface area contributed by atoms with Crippen LogP contribution in [-0.4, -0.2) is 35.6 Å². The number of hydrogen-bond acceptors (Lipinski definition) is 6. The zero-order valence-electron chi connectivity index (χ0n) is 12.2. The third kappa shape index (κ3) is 2.76. The maximum atomic E-state index is 14.4. The van der Waals surface area contributed by atoms with Crippen LogP contribution in [0.2, 0.25) is 0 Å². The Bertz CT molecular complexity index is 696. The van der Waals surface area contributed by atoms with E-state index in [0.717, 1.165) is 12.3 Å². The standard InChI is InChI=1S/C15H16F2N4OS/c16-9-1-2-10(11(17)4-9)15-7-22-13(12(19)5-18)3-8(15)6-23-14(20)21-15/h1-2,4-5,8,13,18-19H,3,6-7H2,(H2,20,21)/t8-,13+,15-/m0/s1. The molecule has 2 aliphatic heterocycles. The van der Waals surface area contributed by atoms with Crippen LogP contribution in [0, 0.1) is 28.4 Å². The van der Waals surface area contributed by atoms with Crippen molar-refractivity contribution in [3.05, 3.63) is 35.4 Å². The van der Waals surface area contributed by atoms with Gasteiger partial charge in [0.25, 0.3) is 0 Å². The zero-order valence-corrected chi connectivity index (χ0v) is 13.0. The van der Waals surface area contributed by atoms with Crippen LogP contribution in [0.5, 0.6) is 0 Å². The molecule has 0 bridgehead atoms. The lowest BCUT2D eigenvalue weighted by atomic mass is 9.74. The first kappa shape index (κ1) is 16.1. The molecule has 122 valence electrons. The topological polar surface area (TPSA) is 95.3 Å². The maximum absolute atomic E-state index is 14.4. The molecule has 5 nitrogen and oxygen atoms in total. The molecular weight excluding hydrogens is 322 g/mol. The van der Waals surface area contributed by atoms with Gasteiger partial charge in [-0.2, -0.15) is 0 Å². The number of nitrogens with one attached hydrogen (secondary N) is 2. The van der Waals surface area contributed by atoms with Gasteiger partial charge in [0.15, 0.2) is 5.17 Å². The van der Waals surface area contributed by atoms with Crippen LogP contribution in [0.25, 0.3) is 0 Å². The zero-order chi connectivity index (χ0) is 16.6. The lowest BCUT2D eigenvalue weighted by molar-refractivity contribution is -0.0247. The summed E-state index contributed by atoms with van der Waals surface area (Å²) in [7, 11) is 0. The van der Waals surface area contributed by atoms with Crippen molar-refractivity contribution in [2.24, 2.45) is 16.6 Å². The molecule has 0 unspecified atom stereocenters. The van der Waals surface area contributed by atoms with Gasteiger partial charge in [-0.1, -0.05) is 17.8 Å². The third-order valence-corrected chi connectivity index (χ3v) is 5.28. The molecule has 8 heteroatoms. The lowest BCUT2D eigenvalue weighted by Gasteiger charge is -2.46. The largest absolute Gasteiger partial charge is 0.379 e. The van der Waals surface area contributed by atoms with E-state index in [1.54, 1.807) is 0 Å². The Morgan fingerprint density at radius 1 is 1.48 bits per heavy atom. The lowest BCUT2D eigenvalue weighted by Crippen LogP contribution is -2.52. The molecule has 1 aromatic carbocycles. The van der Waals surface area contributed by atoms with E-state index in [1.807, 2.05) is 0 Å². The minimum absolute atomic E-state index is 0.0440. The molecule has 0 radical (unpaired) electrons. The molecule has 0 aliphatic carbocycles. The highest BCUT2D eigenvalue weighted by atomic mass is 32.2. The highest BCUT2D eigenvalue weighted by Gasteiger charge is 2.49. The van der Waals surface area contributed by atoms with Crippen molar-refractivity contribution < 1.29 is 13.5 Å². The predicted octanol–water partition coefficient (Wildman–Crippen LogP) is 2.30. The normalized spacial score (nSPS) is 30.3. The summed E-state index contributed by atoms with van der Waals surface area (Å²) < 4.78 is 33.3. The SMILES string of the molecule is N=CC(=N)[C@H]1C[C@H]2CSC(N)=N[C@@]2(c2ccc(F)cc2F)CO1. The average molecular weight is 338 g/mol. The first-order chi connectivity index (χ1) is 11.0. The van der Waals surface area contributed by atoms with E-state index in [2.05, 4.69) is 4.99 Å². The summed E-state index contributed by atoms with van der Waals surface area (Å²) in [4.78, 5) is 4.46. The number of fused-ring (bicyclic) bond motifs is 1. The minimum atomic E-state index is -1.01. The molecule has 2 aliphatic rings. The van der Waals surface area contributed by atoms with Gasteiger partial charge in [0.1, 0.15) is 23.3 Å². The number of ether oxygens (including phenoxy) is 1. The summed E-state index contributed by atoms with van der Waals surface area (Å²) in [5, 5.41) is 15.3. The Hall–Kier alpha value is -1.80. The monoisotopic (exact) mass is 338 g/mol. The van der Waals surface area contributed by atoms with Gasteiger partial charge in [0, 0.05) is 29.5 Å². The van der Waals surface area contributed by atoms with Crippen LogP contribution in [0.4, 0.5) is 8.78 Å². The minimum Gasteiger partial charge on any atom is -0.379 e. The van der Waals surface area contributed by atoms with Gasteiger partial charge in [-0.05, 0) is 12.5 Å². The number of thioether (sulfide) groups is 1. The fourth-order valence-electron chi connectivity index (χ4n) is 3.12. The molecule has 0 saturated carbocycles. The second kappa shape index (κ2) is 6.01. The summed E-state index contributed by atoms with van der Waals surface area (Å²) >= 11 is 1.38. The molecule has 0 amide bonds. The van der Waals surface area contributed by atoms with Gasteiger partial charge in [-0.15, -0.1) is 0 Å². The van der Waals surface area contributed by atoms with E-state index in [1.165, 1.54) is 23.9 Å². The second-order valence-corrected chi connectivity index (χ2v) is 6.68. The summed E-state index contributed by atoms with van der Waals surface area (Å²) in [6, 6.07) is 3.42. The van der Waals surface area contributed by atoms with E-state index < -0.39 is 23.3 Å². The smallest absolute Gasteiger partial charge is 0.154 e. The van der Waals surface area contributed by atoms with Gasteiger partial charge in [-0.3, -0.25) is 0 Å². The molecule has 0 aromatic heterocycles. The summed E-state index contributed by atoms with van der Waals surface area (Å²) in [6.07, 6.45) is 0.878. The van der Waals surface area contributed by atoms with Gasteiger partial charge in [0.2, 0.25) is 0 Å². The van der Waals surface area contributed by atoms with Crippen molar-refractivity contribution in [2.75, 3.05) is 12.4 Å². The van der Waals surface area contributed by atoms with Crippen LogP contribution >= 0.6 is 11.8 Å². The van der Waals surface area contributed by atoms with Crippen molar-refractivity contribution in [2.45, 2.75) is 18.1 Å². The van der Waals surface area contributed by atoms with Crippen LogP contribution in [0.1, 0.15) is 12.0 Å². The van der Waals surface area contributed by atoms with Gasteiger partial charge in [0.05, 0.1) is 12.3 Å². The van der Waals surface area contributed by atoms with E-state index in [-0.39, 0.29) is 23.8 Å². The Labute approximate surface area is 136 Å². The van der Waals surface area contributed by atoms with Crippen LogP contribution < -0.4 is 5.73 Å². The highest BCUT2D eigenvalue weighted by molar-refractivity contribution is 8.13. The predicted molar refractivity (Wildman–Crippen MR) is 86.5 cm³/mol. The number of nitrogens with two attached hydrogens (primary N) is 1. The second-order valence-electron chi connectivity index (χ2n) is 5.64. The van der Waals surface area contributed by atoms with Gasteiger partial charge < -0.3 is 21.3 Å². The number of benzene rings is 1. The molecule has 1 fully saturated rings. The van der Waals surface area contributed by atoms with Crippen molar-refractivity contribution in [3.63, 3.8) is 0 Å². The fourth-order valence-corrected chi connectivity index (χ4v) is 4.13. The number of nitrogens with zero attached hydrogens (tertiary/aromatic N) is 1. The van der Waals surface area contributed by atoms with Crippen LogP contribution in [-0.2, 0) is 10.3 Å². The molecule has 23 heavy (non-hydrogen) atoms. The molecule has 0 spiro atoms. The first-order valence-corrected chi connectivity index (χ1v) is 8.09. The highest BCUT2D eigenvalue weighted by Crippen LogP contribution is 2.46. The quantitative estimate of drug-likeness (QED) is 0.738. The molecule has 3 rings (SSSR count). The summed E-state index contributed by atoms with van der Waals surface area (Å²) in [6.45, 7) is 0.0440. The molecule has 4 N–H and O–H groups in total. The Morgan fingerprint density at radius 3 is 2.96 bits per heavy atom. The summed E-state index contributed by atoms with van der Waals surface area (Å²) in [5.74, 6) is -0.833. The number of halogens is 2. The van der Waals surface area contributed by atoms with Crippen molar-refractivity contribution in [1.29, 1.82) is 10.8 Å². The third-order valence-electron chi connectivity index (χ3n) is 4.32. The first-order valence-electron chi connectivity index (χ1n) is 7.10. The average Bonchev–Trinajstić information content (AvgIpc) is 2.53. The number of amidine groups is 1. The van der Waals surface area contributed by atoms with E-state index in [9.17, 15) is 8.78 Å². The molecular formula is C15H16F2N4OS. The van der Waals surface area contributed by atoms with Crippen molar-refractivity contribution in [3.8, 4) is 0 Å². The Morgan fingerprint density at radius 2 is 2.26 bits per heavy atom. The van der Waals surface area contributed by atoms with E-state index in [4.69, 9.17) is 21.3 Å². The van der Waals surface area contributed by atoms with E-state index in [0.29, 0.717) is 17.3 Å². The Balaban J connectivity index is 2.04. The number of aliphatic imine (C=N–C) groups is 1. The summed E-state index contributed by atoms with van der Waals surface area (Å²) in [5.41, 5.74) is 5.17. The molecule has 3 atom stereocenters. The van der Waals surface area contributed by atoms with Crippen LogP contribution in [0.15, 0.2) is 23.2 Å². The maximum Gasteiger partial charge on any atom is 0.154 e. The molecule has 2 heterocycles. The molecule has 1 saturated heterocycles.